The Morgan fingerprint density at radius 1 is 1.31 bits per heavy atom. The Hall–Kier alpha value is -1.06. The molecule has 2 N–H and O–H groups in total. The first-order chi connectivity index (χ1) is 7.67. The Labute approximate surface area is 96.5 Å². The lowest BCUT2D eigenvalue weighted by molar-refractivity contribution is -0.157. The van der Waals surface area contributed by atoms with Gasteiger partial charge in [-0.05, 0) is 30.5 Å². The molecular formula is C13H19NO2. The first-order valence-electron chi connectivity index (χ1n) is 5.79. The lowest BCUT2D eigenvalue weighted by Gasteiger charge is -2.27. The fourth-order valence-electron chi connectivity index (χ4n) is 2.16. The highest BCUT2D eigenvalue weighted by atomic mass is 16.7. The zero-order chi connectivity index (χ0) is 11.6. The molecule has 0 aromatic heterocycles. The Morgan fingerprint density at radius 3 is 2.56 bits per heavy atom. The first-order valence-corrected chi connectivity index (χ1v) is 5.79. The summed E-state index contributed by atoms with van der Waals surface area (Å²) in [5, 5.41) is 0. The van der Waals surface area contributed by atoms with Crippen molar-refractivity contribution in [3.63, 3.8) is 0 Å². The van der Waals surface area contributed by atoms with Gasteiger partial charge in [0.05, 0.1) is 13.2 Å². The third kappa shape index (κ3) is 2.06. The van der Waals surface area contributed by atoms with Crippen molar-refractivity contribution in [2.24, 2.45) is 0 Å². The minimum Gasteiger partial charge on any atom is -0.398 e. The summed E-state index contributed by atoms with van der Waals surface area (Å²) in [5.41, 5.74) is 9.17. The number of benzene rings is 1. The van der Waals surface area contributed by atoms with Crippen LogP contribution in [0.15, 0.2) is 18.2 Å². The van der Waals surface area contributed by atoms with Crippen molar-refractivity contribution < 1.29 is 9.47 Å². The molecule has 1 aromatic carbocycles. The Balaban J connectivity index is 2.25. The Bertz CT molecular complexity index is 350. The average molecular weight is 221 g/mol. The standard InChI is InChI=1S/C13H19NO2/c1-3-13(15-7-8-16-13)9-11-10(2)5-4-6-12(11)14/h4-6H,3,7-9,14H2,1-2H3. The maximum atomic E-state index is 6.00. The molecule has 2 rings (SSSR count). The van der Waals surface area contributed by atoms with Crippen molar-refractivity contribution in [1.82, 2.24) is 0 Å². The molecule has 88 valence electrons. The molecule has 0 aliphatic carbocycles. The highest BCUT2D eigenvalue weighted by molar-refractivity contribution is 5.51. The minimum atomic E-state index is -0.458. The summed E-state index contributed by atoms with van der Waals surface area (Å²) < 4.78 is 11.5. The maximum Gasteiger partial charge on any atom is 0.172 e. The van der Waals surface area contributed by atoms with E-state index in [-0.39, 0.29) is 0 Å². The van der Waals surface area contributed by atoms with Crippen molar-refractivity contribution >= 4 is 5.69 Å². The molecule has 1 aromatic rings. The highest BCUT2D eigenvalue weighted by Crippen LogP contribution is 2.31. The van der Waals surface area contributed by atoms with Gasteiger partial charge in [0, 0.05) is 12.1 Å². The third-order valence-electron chi connectivity index (χ3n) is 3.24. The van der Waals surface area contributed by atoms with Crippen LogP contribution in [0.2, 0.25) is 0 Å². The number of rotatable bonds is 3. The second-order valence-corrected chi connectivity index (χ2v) is 4.28. The van der Waals surface area contributed by atoms with Crippen LogP contribution in [0.3, 0.4) is 0 Å². The van der Waals surface area contributed by atoms with Gasteiger partial charge >= 0.3 is 0 Å². The molecule has 0 atom stereocenters. The summed E-state index contributed by atoms with van der Waals surface area (Å²) in [6.45, 7) is 5.52. The average Bonchev–Trinajstić information content (AvgIpc) is 2.73. The molecule has 0 bridgehead atoms. The van der Waals surface area contributed by atoms with Crippen LogP contribution in [0.1, 0.15) is 24.5 Å². The van der Waals surface area contributed by atoms with Crippen molar-refractivity contribution in [3.05, 3.63) is 29.3 Å². The molecule has 3 heteroatoms. The number of ether oxygens (including phenoxy) is 2. The van der Waals surface area contributed by atoms with Crippen LogP contribution in [0.5, 0.6) is 0 Å². The molecule has 0 radical (unpaired) electrons. The van der Waals surface area contributed by atoms with E-state index in [9.17, 15) is 0 Å². The van der Waals surface area contributed by atoms with Gasteiger partial charge in [0.15, 0.2) is 5.79 Å². The van der Waals surface area contributed by atoms with Gasteiger partial charge in [0.1, 0.15) is 0 Å². The molecule has 0 unspecified atom stereocenters. The zero-order valence-corrected chi connectivity index (χ0v) is 9.95. The second kappa shape index (κ2) is 4.44. The number of anilines is 1. The van der Waals surface area contributed by atoms with Gasteiger partial charge in [-0.1, -0.05) is 19.1 Å². The van der Waals surface area contributed by atoms with Crippen LogP contribution < -0.4 is 5.73 Å². The zero-order valence-electron chi connectivity index (χ0n) is 9.95. The van der Waals surface area contributed by atoms with Gasteiger partial charge in [-0.3, -0.25) is 0 Å². The summed E-state index contributed by atoms with van der Waals surface area (Å²) in [4.78, 5) is 0. The van der Waals surface area contributed by atoms with E-state index >= 15 is 0 Å². The van der Waals surface area contributed by atoms with Crippen LogP contribution in [-0.2, 0) is 15.9 Å². The molecule has 3 nitrogen and oxygen atoms in total. The van der Waals surface area contributed by atoms with E-state index in [1.165, 1.54) is 5.56 Å². The highest BCUT2D eigenvalue weighted by Gasteiger charge is 2.35. The largest absolute Gasteiger partial charge is 0.398 e. The van der Waals surface area contributed by atoms with Crippen LogP contribution in [0, 0.1) is 6.92 Å². The van der Waals surface area contributed by atoms with E-state index in [0.717, 1.165) is 24.1 Å². The monoisotopic (exact) mass is 221 g/mol. The SMILES string of the molecule is CCC1(Cc2c(C)cccc2N)OCCO1. The molecule has 1 saturated heterocycles. The Morgan fingerprint density at radius 2 is 2.00 bits per heavy atom. The van der Waals surface area contributed by atoms with Crippen LogP contribution in [0.25, 0.3) is 0 Å². The Kier molecular flexibility index (Phi) is 3.17. The lowest BCUT2D eigenvalue weighted by atomic mass is 9.97. The second-order valence-electron chi connectivity index (χ2n) is 4.28. The van der Waals surface area contributed by atoms with Crippen molar-refractivity contribution in [2.75, 3.05) is 18.9 Å². The molecule has 1 fully saturated rings. The van der Waals surface area contributed by atoms with E-state index in [1.807, 2.05) is 12.1 Å². The summed E-state index contributed by atoms with van der Waals surface area (Å²) in [6.07, 6.45) is 1.59. The van der Waals surface area contributed by atoms with Gasteiger partial charge < -0.3 is 15.2 Å². The topological polar surface area (TPSA) is 44.5 Å². The molecule has 0 spiro atoms. The van der Waals surface area contributed by atoms with Crippen molar-refractivity contribution in [1.29, 1.82) is 0 Å². The van der Waals surface area contributed by atoms with Gasteiger partial charge in [-0.25, -0.2) is 0 Å². The van der Waals surface area contributed by atoms with E-state index in [4.69, 9.17) is 15.2 Å². The fourth-order valence-corrected chi connectivity index (χ4v) is 2.16. The number of nitrogen functional groups attached to an aromatic ring is 1. The number of nitrogens with two attached hydrogens (primary N) is 1. The minimum absolute atomic E-state index is 0.458. The molecule has 0 amide bonds. The van der Waals surface area contributed by atoms with Crippen molar-refractivity contribution in [2.45, 2.75) is 32.5 Å². The summed E-state index contributed by atoms with van der Waals surface area (Å²) in [6, 6.07) is 5.98. The fraction of sp³-hybridized carbons (Fsp3) is 0.538. The van der Waals surface area contributed by atoms with Crippen LogP contribution >= 0.6 is 0 Å². The van der Waals surface area contributed by atoms with E-state index in [1.54, 1.807) is 0 Å². The molecule has 1 aliphatic rings. The molecular weight excluding hydrogens is 202 g/mol. The quantitative estimate of drug-likeness (QED) is 0.796. The maximum absolute atomic E-state index is 6.00. The third-order valence-corrected chi connectivity index (χ3v) is 3.24. The van der Waals surface area contributed by atoms with Crippen LogP contribution in [0.4, 0.5) is 5.69 Å². The number of hydrogen-bond acceptors (Lipinski definition) is 3. The first kappa shape index (κ1) is 11.4. The van der Waals surface area contributed by atoms with Crippen molar-refractivity contribution in [3.8, 4) is 0 Å². The lowest BCUT2D eigenvalue weighted by Crippen LogP contribution is -2.32. The normalized spacial score (nSPS) is 18.9. The van der Waals surface area contributed by atoms with E-state index < -0.39 is 5.79 Å². The van der Waals surface area contributed by atoms with Gasteiger partial charge in [0.2, 0.25) is 0 Å². The van der Waals surface area contributed by atoms with E-state index in [0.29, 0.717) is 13.2 Å². The smallest absolute Gasteiger partial charge is 0.172 e. The molecule has 16 heavy (non-hydrogen) atoms. The van der Waals surface area contributed by atoms with Gasteiger partial charge in [-0.15, -0.1) is 0 Å². The molecule has 1 aliphatic heterocycles. The molecule has 1 heterocycles. The molecule has 0 saturated carbocycles. The summed E-state index contributed by atoms with van der Waals surface area (Å²) in [5.74, 6) is -0.458. The van der Waals surface area contributed by atoms with Gasteiger partial charge in [-0.2, -0.15) is 0 Å². The predicted molar refractivity (Wildman–Crippen MR) is 64.2 cm³/mol. The number of aryl methyl sites for hydroxylation is 1. The van der Waals surface area contributed by atoms with E-state index in [2.05, 4.69) is 19.9 Å². The predicted octanol–water partition coefficient (Wildman–Crippen LogP) is 2.27. The summed E-state index contributed by atoms with van der Waals surface area (Å²) >= 11 is 0. The van der Waals surface area contributed by atoms with Gasteiger partial charge in [0.25, 0.3) is 0 Å². The number of hydrogen-bond donors (Lipinski definition) is 1. The van der Waals surface area contributed by atoms with Crippen LogP contribution in [-0.4, -0.2) is 19.0 Å². The summed E-state index contributed by atoms with van der Waals surface area (Å²) in [7, 11) is 0.